The Morgan fingerprint density at radius 1 is 0.789 bits per heavy atom. The summed E-state index contributed by atoms with van der Waals surface area (Å²) in [7, 11) is 0. The van der Waals surface area contributed by atoms with Crippen molar-refractivity contribution in [3.05, 3.63) is 71.8 Å². The van der Waals surface area contributed by atoms with E-state index in [1.165, 1.54) is 5.56 Å². The summed E-state index contributed by atoms with van der Waals surface area (Å²) in [6, 6.07) is 20.2. The fraction of sp³-hybridized carbons (Fsp3) is 0.333. The van der Waals surface area contributed by atoms with E-state index < -0.39 is 5.60 Å². The van der Waals surface area contributed by atoms with Crippen molar-refractivity contribution in [3.8, 4) is 0 Å². The van der Waals surface area contributed by atoms with Crippen molar-refractivity contribution in [1.29, 1.82) is 0 Å². The first-order valence-electron chi connectivity index (χ1n) is 6.86. The predicted molar refractivity (Wildman–Crippen MR) is 80.1 cm³/mol. The number of rotatable bonds is 4. The van der Waals surface area contributed by atoms with Gasteiger partial charge in [-0.2, -0.15) is 0 Å². The van der Waals surface area contributed by atoms with E-state index in [-0.39, 0.29) is 5.41 Å². The summed E-state index contributed by atoms with van der Waals surface area (Å²) in [4.78, 5) is 0. The van der Waals surface area contributed by atoms with Crippen molar-refractivity contribution in [2.24, 2.45) is 0 Å². The molecule has 1 heteroatoms. The van der Waals surface area contributed by atoms with Gasteiger partial charge in [0.05, 0.1) is 5.60 Å². The van der Waals surface area contributed by atoms with Crippen LogP contribution >= 0.6 is 0 Å². The van der Waals surface area contributed by atoms with Crippen LogP contribution in [-0.4, -0.2) is 5.11 Å². The Morgan fingerprint density at radius 2 is 1.21 bits per heavy atom. The van der Waals surface area contributed by atoms with E-state index in [1.807, 2.05) is 55.5 Å². The Labute approximate surface area is 115 Å². The van der Waals surface area contributed by atoms with Crippen molar-refractivity contribution in [3.63, 3.8) is 0 Å². The molecule has 1 N–H and O–H groups in total. The molecule has 2 unspecified atom stereocenters. The SMILES string of the molecule is CCC(C)(c1ccccc1)C(C)(O)c1ccccc1. The number of benzene rings is 2. The van der Waals surface area contributed by atoms with Crippen LogP contribution in [0.2, 0.25) is 0 Å². The lowest BCUT2D eigenvalue weighted by atomic mass is 9.65. The summed E-state index contributed by atoms with van der Waals surface area (Å²) < 4.78 is 0. The number of hydrogen-bond donors (Lipinski definition) is 1. The molecule has 2 atom stereocenters. The van der Waals surface area contributed by atoms with Crippen LogP contribution in [0.3, 0.4) is 0 Å². The minimum Gasteiger partial charge on any atom is -0.385 e. The minimum atomic E-state index is -0.898. The van der Waals surface area contributed by atoms with E-state index in [4.69, 9.17) is 0 Å². The van der Waals surface area contributed by atoms with Crippen molar-refractivity contribution >= 4 is 0 Å². The molecule has 0 heterocycles. The maximum absolute atomic E-state index is 11.2. The van der Waals surface area contributed by atoms with Crippen molar-refractivity contribution in [2.45, 2.75) is 38.2 Å². The Kier molecular flexibility index (Phi) is 3.77. The van der Waals surface area contributed by atoms with Gasteiger partial charge < -0.3 is 5.11 Å². The van der Waals surface area contributed by atoms with Gasteiger partial charge in [-0.3, -0.25) is 0 Å². The number of aliphatic hydroxyl groups is 1. The topological polar surface area (TPSA) is 20.2 Å². The van der Waals surface area contributed by atoms with Gasteiger partial charge in [0.15, 0.2) is 0 Å². The van der Waals surface area contributed by atoms with Crippen LogP contribution in [0.1, 0.15) is 38.3 Å². The second-order valence-corrected chi connectivity index (χ2v) is 5.49. The summed E-state index contributed by atoms with van der Waals surface area (Å²) in [6.45, 7) is 6.18. The zero-order chi connectivity index (χ0) is 13.9. The van der Waals surface area contributed by atoms with Gasteiger partial charge in [0.25, 0.3) is 0 Å². The van der Waals surface area contributed by atoms with Gasteiger partial charge in [0.1, 0.15) is 0 Å². The molecule has 0 radical (unpaired) electrons. The molecule has 0 bridgehead atoms. The van der Waals surface area contributed by atoms with Gasteiger partial charge >= 0.3 is 0 Å². The van der Waals surface area contributed by atoms with Crippen LogP contribution in [0.15, 0.2) is 60.7 Å². The molecule has 19 heavy (non-hydrogen) atoms. The van der Waals surface area contributed by atoms with E-state index in [2.05, 4.69) is 26.0 Å². The molecule has 0 aliphatic rings. The molecule has 1 nitrogen and oxygen atoms in total. The van der Waals surface area contributed by atoms with Crippen LogP contribution < -0.4 is 0 Å². The highest BCUT2D eigenvalue weighted by Crippen LogP contribution is 2.44. The first-order valence-corrected chi connectivity index (χ1v) is 6.86. The lowest BCUT2D eigenvalue weighted by molar-refractivity contribution is -0.0241. The largest absolute Gasteiger partial charge is 0.385 e. The minimum absolute atomic E-state index is 0.310. The predicted octanol–water partition coefficient (Wildman–Crippen LogP) is 4.26. The van der Waals surface area contributed by atoms with Crippen molar-refractivity contribution < 1.29 is 5.11 Å². The Bertz CT molecular complexity index is 516. The molecule has 2 rings (SSSR count). The standard InChI is InChI=1S/C18H22O/c1-4-17(2,15-11-7-5-8-12-15)18(3,19)16-13-9-6-10-14-16/h5-14,19H,4H2,1-3H3. The summed E-state index contributed by atoms with van der Waals surface area (Å²) >= 11 is 0. The molecule has 0 aromatic heterocycles. The fourth-order valence-corrected chi connectivity index (χ4v) is 2.72. The van der Waals surface area contributed by atoms with Crippen molar-refractivity contribution in [1.82, 2.24) is 0 Å². The molecule has 100 valence electrons. The van der Waals surface area contributed by atoms with Crippen LogP contribution in [0.25, 0.3) is 0 Å². The average Bonchev–Trinajstić information content (AvgIpc) is 2.48. The molecule has 0 aliphatic heterocycles. The smallest absolute Gasteiger partial charge is 0.0961 e. The van der Waals surface area contributed by atoms with E-state index in [0.717, 1.165) is 12.0 Å². The third-order valence-corrected chi connectivity index (χ3v) is 4.53. The molecule has 0 amide bonds. The summed E-state index contributed by atoms with van der Waals surface area (Å²) in [5.41, 5.74) is 0.925. The highest BCUT2D eigenvalue weighted by atomic mass is 16.3. The van der Waals surface area contributed by atoms with Crippen LogP contribution in [0, 0.1) is 0 Å². The summed E-state index contributed by atoms with van der Waals surface area (Å²) in [5.74, 6) is 0. The van der Waals surface area contributed by atoms with Gasteiger partial charge in [0.2, 0.25) is 0 Å². The monoisotopic (exact) mass is 254 g/mol. The molecule has 0 fully saturated rings. The van der Waals surface area contributed by atoms with Gasteiger partial charge in [0, 0.05) is 5.41 Å². The fourth-order valence-electron chi connectivity index (χ4n) is 2.72. The molecule has 2 aromatic carbocycles. The second-order valence-electron chi connectivity index (χ2n) is 5.49. The van der Waals surface area contributed by atoms with Gasteiger partial charge in [-0.15, -0.1) is 0 Å². The molecular formula is C18H22O. The second kappa shape index (κ2) is 5.18. The lowest BCUT2D eigenvalue weighted by Gasteiger charge is -2.43. The third kappa shape index (κ3) is 2.31. The van der Waals surface area contributed by atoms with Crippen LogP contribution in [-0.2, 0) is 11.0 Å². The van der Waals surface area contributed by atoms with Gasteiger partial charge in [-0.05, 0) is 24.5 Å². The van der Waals surface area contributed by atoms with Crippen LogP contribution in [0.4, 0.5) is 0 Å². The molecule has 0 saturated heterocycles. The van der Waals surface area contributed by atoms with Crippen LogP contribution in [0.5, 0.6) is 0 Å². The van der Waals surface area contributed by atoms with E-state index in [1.54, 1.807) is 0 Å². The summed E-state index contributed by atoms with van der Waals surface area (Å²) in [6.07, 6.45) is 0.874. The zero-order valence-corrected chi connectivity index (χ0v) is 11.9. The maximum atomic E-state index is 11.2. The first kappa shape index (κ1) is 13.8. The number of hydrogen-bond acceptors (Lipinski definition) is 1. The van der Waals surface area contributed by atoms with Gasteiger partial charge in [-0.1, -0.05) is 74.5 Å². The molecule has 0 spiro atoms. The van der Waals surface area contributed by atoms with E-state index in [9.17, 15) is 5.11 Å². The quantitative estimate of drug-likeness (QED) is 0.864. The van der Waals surface area contributed by atoms with E-state index in [0.29, 0.717) is 0 Å². The zero-order valence-electron chi connectivity index (χ0n) is 11.9. The van der Waals surface area contributed by atoms with Gasteiger partial charge in [-0.25, -0.2) is 0 Å². The first-order chi connectivity index (χ1) is 9.02. The maximum Gasteiger partial charge on any atom is 0.0961 e. The van der Waals surface area contributed by atoms with E-state index >= 15 is 0 Å². The highest BCUT2D eigenvalue weighted by molar-refractivity contribution is 5.34. The summed E-state index contributed by atoms with van der Waals surface area (Å²) in [5, 5.41) is 11.2. The normalized spacial score (nSPS) is 17.5. The molecule has 0 aliphatic carbocycles. The average molecular weight is 254 g/mol. The Morgan fingerprint density at radius 3 is 1.63 bits per heavy atom. The highest BCUT2D eigenvalue weighted by Gasteiger charge is 2.44. The molecule has 2 aromatic rings. The lowest BCUT2D eigenvalue weighted by Crippen LogP contribution is -2.44. The Balaban J connectivity index is 2.52. The molecular weight excluding hydrogens is 232 g/mol. The Hall–Kier alpha value is -1.60. The third-order valence-electron chi connectivity index (χ3n) is 4.53. The van der Waals surface area contributed by atoms with Crippen molar-refractivity contribution in [2.75, 3.05) is 0 Å². The molecule has 0 saturated carbocycles.